The number of hydrogen-bond donors (Lipinski definition) is 2. The molecule has 0 spiro atoms. The Balaban J connectivity index is 0.00000338. The highest BCUT2D eigenvalue weighted by molar-refractivity contribution is 14.0. The Labute approximate surface area is 174 Å². The first-order valence-electron chi connectivity index (χ1n) is 8.96. The summed E-state index contributed by atoms with van der Waals surface area (Å²) in [4.78, 5) is 6.67. The molecule has 0 bridgehead atoms. The zero-order chi connectivity index (χ0) is 18.1. The van der Waals surface area contributed by atoms with Gasteiger partial charge in [0.25, 0.3) is 0 Å². The van der Waals surface area contributed by atoms with E-state index in [4.69, 9.17) is 0 Å². The van der Waals surface area contributed by atoms with Gasteiger partial charge < -0.3 is 10.6 Å². The van der Waals surface area contributed by atoms with E-state index in [1.807, 2.05) is 6.07 Å². The van der Waals surface area contributed by atoms with Crippen LogP contribution in [0.5, 0.6) is 0 Å². The molecule has 2 N–H and O–H groups in total. The summed E-state index contributed by atoms with van der Waals surface area (Å²) < 4.78 is 23.1. The Morgan fingerprint density at radius 2 is 1.88 bits per heavy atom. The molecule has 0 radical (unpaired) electrons. The molecular formula is C18H31IN4O2S. The van der Waals surface area contributed by atoms with Crippen molar-refractivity contribution in [2.45, 2.75) is 32.4 Å². The molecule has 2 rings (SSSR count). The Hall–Kier alpha value is -0.870. The number of sulfone groups is 1. The molecule has 148 valence electrons. The van der Waals surface area contributed by atoms with Crippen molar-refractivity contribution in [2.75, 3.05) is 38.2 Å². The molecule has 1 saturated heterocycles. The molecule has 6 nitrogen and oxygen atoms in total. The van der Waals surface area contributed by atoms with Crippen molar-refractivity contribution in [1.82, 2.24) is 15.5 Å². The maximum atomic E-state index is 11.5. The van der Waals surface area contributed by atoms with Crippen LogP contribution in [0.1, 0.15) is 25.3 Å². The Bertz CT molecular complexity index is 644. The minimum atomic E-state index is -2.95. The molecule has 0 aromatic heterocycles. The largest absolute Gasteiger partial charge is 0.355 e. The number of halogens is 1. The van der Waals surface area contributed by atoms with Crippen LogP contribution in [0.25, 0.3) is 0 Å². The molecule has 1 fully saturated rings. The number of likely N-dealkylation sites (tertiary alicyclic amines) is 1. The highest BCUT2D eigenvalue weighted by atomic mass is 127. The van der Waals surface area contributed by atoms with E-state index >= 15 is 0 Å². The fourth-order valence-corrected chi connectivity index (χ4v) is 3.64. The second-order valence-corrected chi connectivity index (χ2v) is 8.89. The molecule has 1 aromatic rings. The fourth-order valence-electron chi connectivity index (χ4n) is 2.93. The first kappa shape index (κ1) is 23.2. The van der Waals surface area contributed by atoms with Gasteiger partial charge in [0.1, 0.15) is 0 Å². The lowest BCUT2D eigenvalue weighted by atomic mass is 10.0. The fraction of sp³-hybridized carbons (Fsp3) is 0.611. The van der Waals surface area contributed by atoms with Crippen molar-refractivity contribution >= 4 is 39.8 Å². The maximum Gasteiger partial charge on any atom is 0.191 e. The first-order valence-corrected chi connectivity index (χ1v) is 10.8. The van der Waals surface area contributed by atoms with Crippen LogP contribution in [-0.4, -0.2) is 63.5 Å². The molecule has 0 aliphatic carbocycles. The predicted molar refractivity (Wildman–Crippen MR) is 119 cm³/mol. The Morgan fingerprint density at radius 3 is 2.46 bits per heavy atom. The van der Waals surface area contributed by atoms with E-state index in [0.717, 1.165) is 32.5 Å². The van der Waals surface area contributed by atoms with Crippen LogP contribution in [0.4, 0.5) is 0 Å². The summed E-state index contributed by atoms with van der Waals surface area (Å²) in [5.74, 6) is 1.01. The highest BCUT2D eigenvalue weighted by Crippen LogP contribution is 2.13. The molecule has 0 atom stereocenters. The number of benzene rings is 1. The molecule has 1 heterocycles. The smallest absolute Gasteiger partial charge is 0.191 e. The van der Waals surface area contributed by atoms with E-state index in [9.17, 15) is 8.42 Å². The molecule has 1 aromatic carbocycles. The molecule has 0 amide bonds. The molecule has 1 aliphatic heterocycles. The van der Waals surface area contributed by atoms with Gasteiger partial charge >= 0.3 is 0 Å². The Kier molecular flexibility index (Phi) is 10.5. The zero-order valence-corrected chi connectivity index (χ0v) is 18.8. The van der Waals surface area contributed by atoms with Gasteiger partial charge in [-0.25, -0.2) is 8.42 Å². The number of nitrogens with zero attached hydrogens (tertiary/aromatic N) is 2. The van der Waals surface area contributed by atoms with Gasteiger partial charge in [0.15, 0.2) is 15.8 Å². The summed E-state index contributed by atoms with van der Waals surface area (Å²) in [5, 5.41) is 6.52. The van der Waals surface area contributed by atoms with Crippen molar-refractivity contribution in [1.29, 1.82) is 0 Å². The number of piperidine rings is 1. The monoisotopic (exact) mass is 494 g/mol. The van der Waals surface area contributed by atoms with Crippen molar-refractivity contribution in [3.63, 3.8) is 0 Å². The summed E-state index contributed by atoms with van der Waals surface area (Å²) in [5.41, 5.74) is 1.35. The standard InChI is InChI=1S/C18H30N4O2S.HI/c1-3-25(23,24)14-11-20-18(19-2)21-17-9-12-22(13-10-17)15-16-7-5-4-6-8-16;/h4-8,17H,3,9-15H2,1-2H3,(H2,19,20,21);1H. The van der Waals surface area contributed by atoms with E-state index < -0.39 is 9.84 Å². The summed E-state index contributed by atoms with van der Waals surface area (Å²) in [6.45, 7) is 5.16. The second-order valence-electron chi connectivity index (χ2n) is 6.42. The average Bonchev–Trinajstić information content (AvgIpc) is 2.63. The predicted octanol–water partition coefficient (Wildman–Crippen LogP) is 1.87. The summed E-state index contributed by atoms with van der Waals surface area (Å²) in [7, 11) is -1.23. The van der Waals surface area contributed by atoms with E-state index in [-0.39, 0.29) is 35.5 Å². The molecule has 8 heteroatoms. The highest BCUT2D eigenvalue weighted by Gasteiger charge is 2.20. The number of guanidine groups is 1. The average molecular weight is 494 g/mol. The van der Waals surface area contributed by atoms with Crippen LogP contribution in [0.15, 0.2) is 35.3 Å². The molecule has 0 unspecified atom stereocenters. The van der Waals surface area contributed by atoms with E-state index in [2.05, 4.69) is 44.8 Å². The minimum Gasteiger partial charge on any atom is -0.355 e. The number of hydrogen-bond acceptors (Lipinski definition) is 4. The molecule has 0 saturated carbocycles. The molecule has 26 heavy (non-hydrogen) atoms. The third-order valence-corrected chi connectivity index (χ3v) is 6.25. The minimum absolute atomic E-state index is 0. The van der Waals surface area contributed by atoms with Gasteiger partial charge in [-0.1, -0.05) is 37.3 Å². The van der Waals surface area contributed by atoms with Crippen LogP contribution in [0.2, 0.25) is 0 Å². The summed E-state index contributed by atoms with van der Waals surface area (Å²) >= 11 is 0. The van der Waals surface area contributed by atoms with Crippen LogP contribution < -0.4 is 10.6 Å². The normalized spacial score (nSPS) is 16.8. The maximum absolute atomic E-state index is 11.5. The van der Waals surface area contributed by atoms with Gasteiger partial charge in [-0.15, -0.1) is 24.0 Å². The van der Waals surface area contributed by atoms with E-state index in [1.165, 1.54) is 5.56 Å². The van der Waals surface area contributed by atoms with Crippen molar-refractivity contribution in [3.8, 4) is 0 Å². The molecular weight excluding hydrogens is 463 g/mol. The summed E-state index contributed by atoms with van der Waals surface area (Å²) in [6.07, 6.45) is 2.11. The van der Waals surface area contributed by atoms with Crippen molar-refractivity contribution in [3.05, 3.63) is 35.9 Å². The lowest BCUT2D eigenvalue weighted by molar-refractivity contribution is 0.198. The van der Waals surface area contributed by atoms with Gasteiger partial charge in [-0.3, -0.25) is 9.89 Å². The zero-order valence-electron chi connectivity index (χ0n) is 15.6. The third-order valence-electron chi connectivity index (χ3n) is 4.55. The van der Waals surface area contributed by atoms with Gasteiger partial charge in [-0.05, 0) is 18.4 Å². The second kappa shape index (κ2) is 11.8. The number of nitrogens with one attached hydrogen (secondary N) is 2. The summed E-state index contributed by atoms with van der Waals surface area (Å²) in [6, 6.07) is 10.9. The number of aliphatic imine (C=N–C) groups is 1. The van der Waals surface area contributed by atoms with Crippen molar-refractivity contribution < 1.29 is 8.42 Å². The molecule has 1 aliphatic rings. The lowest BCUT2D eigenvalue weighted by Crippen LogP contribution is -2.49. The van der Waals surface area contributed by atoms with Gasteiger partial charge in [0, 0.05) is 45.0 Å². The number of rotatable bonds is 7. The lowest BCUT2D eigenvalue weighted by Gasteiger charge is -2.33. The topological polar surface area (TPSA) is 73.8 Å². The van der Waals surface area contributed by atoms with Gasteiger partial charge in [0.2, 0.25) is 0 Å². The Morgan fingerprint density at radius 1 is 1.23 bits per heavy atom. The first-order chi connectivity index (χ1) is 12.0. The van der Waals surface area contributed by atoms with Crippen LogP contribution in [0.3, 0.4) is 0 Å². The van der Waals surface area contributed by atoms with E-state index in [0.29, 0.717) is 18.5 Å². The van der Waals surface area contributed by atoms with Crippen LogP contribution >= 0.6 is 24.0 Å². The van der Waals surface area contributed by atoms with Crippen LogP contribution in [0, 0.1) is 0 Å². The third kappa shape index (κ3) is 8.22. The van der Waals surface area contributed by atoms with Crippen LogP contribution in [-0.2, 0) is 16.4 Å². The van der Waals surface area contributed by atoms with Crippen molar-refractivity contribution in [2.24, 2.45) is 4.99 Å². The van der Waals surface area contributed by atoms with Gasteiger partial charge in [-0.2, -0.15) is 0 Å². The SMILES string of the molecule is CCS(=O)(=O)CCNC(=NC)NC1CCN(Cc2ccccc2)CC1.I. The van der Waals surface area contributed by atoms with E-state index in [1.54, 1.807) is 14.0 Å². The quantitative estimate of drug-likeness (QED) is 0.344. The van der Waals surface area contributed by atoms with Gasteiger partial charge in [0.05, 0.1) is 5.75 Å².